The minimum Gasteiger partial charge on any atom is -0.318 e. The second-order valence-corrected chi connectivity index (χ2v) is 6.77. The molecule has 1 aromatic rings. The molecule has 0 bridgehead atoms. The van der Waals surface area contributed by atoms with Gasteiger partial charge in [0.2, 0.25) is 5.91 Å². The molecule has 1 spiro atoms. The lowest BCUT2D eigenvalue weighted by Gasteiger charge is -2.24. The van der Waals surface area contributed by atoms with Gasteiger partial charge in [0.05, 0.1) is 5.54 Å². The average molecular weight is 291 g/mol. The SMILES string of the molecule is O=C1N(C2CC2)C(c2cccc(Cl)c2)NC12CCCC2. The van der Waals surface area contributed by atoms with Gasteiger partial charge >= 0.3 is 0 Å². The summed E-state index contributed by atoms with van der Waals surface area (Å²) in [6.07, 6.45) is 6.55. The summed E-state index contributed by atoms with van der Waals surface area (Å²) in [6, 6.07) is 8.33. The number of hydrogen-bond donors (Lipinski definition) is 1. The summed E-state index contributed by atoms with van der Waals surface area (Å²) in [5.41, 5.74) is 0.816. The summed E-state index contributed by atoms with van der Waals surface area (Å²) >= 11 is 6.12. The maximum atomic E-state index is 12.9. The normalized spacial score (nSPS) is 28.6. The van der Waals surface area contributed by atoms with Gasteiger partial charge in [0, 0.05) is 11.1 Å². The molecule has 1 aliphatic heterocycles. The van der Waals surface area contributed by atoms with Crippen LogP contribution in [0.2, 0.25) is 5.02 Å². The minimum absolute atomic E-state index is 0.00630. The predicted octanol–water partition coefficient (Wildman–Crippen LogP) is 3.25. The standard InChI is InChI=1S/C16H19ClN2O/c17-12-5-3-4-11(10-12)14-18-16(8-1-2-9-16)15(20)19(14)13-6-7-13/h3-5,10,13-14,18H,1-2,6-9H2. The van der Waals surface area contributed by atoms with E-state index in [0.717, 1.165) is 49.1 Å². The molecular weight excluding hydrogens is 272 g/mol. The van der Waals surface area contributed by atoms with Crippen LogP contribution in [0.15, 0.2) is 24.3 Å². The van der Waals surface area contributed by atoms with Crippen LogP contribution in [0.25, 0.3) is 0 Å². The first-order valence-corrected chi connectivity index (χ1v) is 7.93. The molecule has 1 heterocycles. The van der Waals surface area contributed by atoms with Gasteiger partial charge in [0.1, 0.15) is 6.17 Å². The monoisotopic (exact) mass is 290 g/mol. The van der Waals surface area contributed by atoms with E-state index in [-0.39, 0.29) is 11.7 Å². The van der Waals surface area contributed by atoms with Crippen LogP contribution >= 0.6 is 11.6 Å². The summed E-state index contributed by atoms with van der Waals surface area (Å²) in [6.45, 7) is 0. The molecule has 20 heavy (non-hydrogen) atoms. The number of carbonyl (C=O) groups is 1. The third-order valence-electron chi connectivity index (χ3n) is 4.90. The fourth-order valence-corrected chi connectivity index (χ4v) is 3.94. The number of benzene rings is 1. The maximum Gasteiger partial charge on any atom is 0.244 e. The first-order valence-electron chi connectivity index (χ1n) is 7.56. The highest BCUT2D eigenvalue weighted by atomic mass is 35.5. The van der Waals surface area contributed by atoms with Gasteiger partial charge in [-0.05, 0) is 43.4 Å². The third-order valence-corrected chi connectivity index (χ3v) is 5.13. The highest BCUT2D eigenvalue weighted by Gasteiger charge is 2.55. The Labute approximate surface area is 124 Å². The molecule has 1 aromatic carbocycles. The summed E-state index contributed by atoms with van der Waals surface area (Å²) in [5.74, 6) is 0.322. The topological polar surface area (TPSA) is 32.3 Å². The van der Waals surface area contributed by atoms with Crippen LogP contribution in [0.1, 0.15) is 50.3 Å². The quantitative estimate of drug-likeness (QED) is 0.907. The molecule has 106 valence electrons. The molecular formula is C16H19ClN2O. The molecule has 0 radical (unpaired) electrons. The molecule has 1 amide bonds. The molecule has 3 fully saturated rings. The van der Waals surface area contributed by atoms with Gasteiger partial charge in [-0.15, -0.1) is 0 Å². The van der Waals surface area contributed by atoms with Crippen molar-refractivity contribution in [3.05, 3.63) is 34.9 Å². The summed E-state index contributed by atoms with van der Waals surface area (Å²) in [7, 11) is 0. The highest BCUT2D eigenvalue weighted by molar-refractivity contribution is 6.30. The molecule has 0 aromatic heterocycles. The van der Waals surface area contributed by atoms with Crippen LogP contribution in [0.5, 0.6) is 0 Å². The number of halogens is 1. The van der Waals surface area contributed by atoms with Crippen molar-refractivity contribution < 1.29 is 4.79 Å². The van der Waals surface area contributed by atoms with Crippen molar-refractivity contribution in [2.75, 3.05) is 0 Å². The molecule has 1 unspecified atom stereocenters. The first kappa shape index (κ1) is 12.7. The van der Waals surface area contributed by atoms with Crippen molar-refractivity contribution in [2.45, 2.75) is 56.3 Å². The number of hydrogen-bond acceptors (Lipinski definition) is 2. The van der Waals surface area contributed by atoms with Crippen molar-refractivity contribution in [1.29, 1.82) is 0 Å². The highest BCUT2D eigenvalue weighted by Crippen LogP contribution is 2.45. The fourth-order valence-electron chi connectivity index (χ4n) is 3.74. The number of nitrogens with one attached hydrogen (secondary N) is 1. The second-order valence-electron chi connectivity index (χ2n) is 6.33. The van der Waals surface area contributed by atoms with E-state index in [1.165, 1.54) is 0 Å². The number of nitrogens with zero attached hydrogens (tertiary/aromatic N) is 1. The van der Waals surface area contributed by atoms with Gasteiger partial charge < -0.3 is 4.90 Å². The van der Waals surface area contributed by atoms with Gasteiger partial charge in [-0.1, -0.05) is 36.6 Å². The van der Waals surface area contributed by atoms with Crippen LogP contribution < -0.4 is 5.32 Å². The van der Waals surface area contributed by atoms with Crippen LogP contribution in [0.3, 0.4) is 0 Å². The number of amides is 1. The van der Waals surface area contributed by atoms with Gasteiger partial charge in [-0.25, -0.2) is 0 Å². The Hall–Kier alpha value is -1.06. The van der Waals surface area contributed by atoms with Crippen molar-refractivity contribution in [3.63, 3.8) is 0 Å². The summed E-state index contributed by atoms with van der Waals surface area (Å²) in [4.78, 5) is 15.0. The van der Waals surface area contributed by atoms with Gasteiger partial charge in [0.15, 0.2) is 0 Å². The lowest BCUT2D eigenvalue weighted by atomic mass is 9.98. The molecule has 1 N–H and O–H groups in total. The van der Waals surface area contributed by atoms with Crippen molar-refractivity contribution in [1.82, 2.24) is 10.2 Å². The number of rotatable bonds is 2. The zero-order valence-corrected chi connectivity index (χ0v) is 12.2. The van der Waals surface area contributed by atoms with E-state index in [1.807, 2.05) is 18.2 Å². The van der Waals surface area contributed by atoms with Crippen LogP contribution in [-0.2, 0) is 4.79 Å². The Morgan fingerprint density at radius 1 is 1.25 bits per heavy atom. The van der Waals surface area contributed by atoms with Gasteiger partial charge in [0.25, 0.3) is 0 Å². The molecule has 4 heteroatoms. The Kier molecular flexibility index (Phi) is 2.83. The van der Waals surface area contributed by atoms with E-state index in [2.05, 4.69) is 16.3 Å². The van der Waals surface area contributed by atoms with E-state index in [9.17, 15) is 4.79 Å². The Morgan fingerprint density at radius 3 is 2.65 bits per heavy atom. The smallest absolute Gasteiger partial charge is 0.244 e. The zero-order chi connectivity index (χ0) is 13.7. The lowest BCUT2D eigenvalue weighted by molar-refractivity contribution is -0.133. The second kappa shape index (κ2) is 4.47. The Bertz CT molecular complexity index is 549. The van der Waals surface area contributed by atoms with E-state index >= 15 is 0 Å². The summed E-state index contributed by atoms with van der Waals surface area (Å²) < 4.78 is 0. The van der Waals surface area contributed by atoms with E-state index in [1.54, 1.807) is 0 Å². The van der Waals surface area contributed by atoms with E-state index in [4.69, 9.17) is 11.6 Å². The predicted molar refractivity (Wildman–Crippen MR) is 78.4 cm³/mol. The van der Waals surface area contributed by atoms with Gasteiger partial charge in [-0.2, -0.15) is 0 Å². The van der Waals surface area contributed by atoms with Gasteiger partial charge in [-0.3, -0.25) is 10.1 Å². The molecule has 1 atom stereocenters. The molecule has 4 rings (SSSR count). The first-order chi connectivity index (χ1) is 9.70. The molecule has 3 nitrogen and oxygen atoms in total. The van der Waals surface area contributed by atoms with Crippen molar-refractivity contribution in [3.8, 4) is 0 Å². The van der Waals surface area contributed by atoms with Crippen molar-refractivity contribution in [2.24, 2.45) is 0 Å². The molecule has 2 saturated carbocycles. The van der Waals surface area contributed by atoms with E-state index in [0.29, 0.717) is 11.9 Å². The summed E-state index contributed by atoms with van der Waals surface area (Å²) in [5, 5.41) is 4.38. The molecule has 1 saturated heterocycles. The van der Waals surface area contributed by atoms with Crippen molar-refractivity contribution >= 4 is 17.5 Å². The van der Waals surface area contributed by atoms with Crippen LogP contribution in [-0.4, -0.2) is 22.4 Å². The maximum absolute atomic E-state index is 12.9. The van der Waals surface area contributed by atoms with Crippen LogP contribution in [0, 0.1) is 0 Å². The lowest BCUT2D eigenvalue weighted by Crippen LogP contribution is -2.44. The molecule has 2 aliphatic carbocycles. The van der Waals surface area contributed by atoms with E-state index < -0.39 is 0 Å². The van der Waals surface area contributed by atoms with Crippen LogP contribution in [0.4, 0.5) is 0 Å². The Morgan fingerprint density at radius 2 is 2.00 bits per heavy atom. The minimum atomic E-state index is -0.296. The third kappa shape index (κ3) is 1.87. The zero-order valence-electron chi connectivity index (χ0n) is 11.4. The largest absolute Gasteiger partial charge is 0.318 e. The Balaban J connectivity index is 1.72. The number of carbonyl (C=O) groups excluding carboxylic acids is 1. The molecule has 3 aliphatic rings. The fraction of sp³-hybridized carbons (Fsp3) is 0.562. The average Bonchev–Trinajstić information content (AvgIpc) is 3.09.